The zero-order valence-electron chi connectivity index (χ0n) is 11.1. The minimum atomic E-state index is -0.713. The van der Waals surface area contributed by atoms with Gasteiger partial charge in [0, 0.05) is 0 Å². The fourth-order valence-electron chi connectivity index (χ4n) is 2.36. The Kier molecular flexibility index (Phi) is 4.11. The molecule has 0 N–H and O–H groups in total. The monoisotopic (exact) mass is 258 g/mol. The molecule has 1 saturated carbocycles. The molecule has 0 atom stereocenters. The van der Waals surface area contributed by atoms with Crippen molar-refractivity contribution in [1.29, 1.82) is 0 Å². The van der Waals surface area contributed by atoms with E-state index >= 15 is 0 Å². The van der Waals surface area contributed by atoms with Gasteiger partial charge in [-0.3, -0.25) is 0 Å². The van der Waals surface area contributed by atoms with Gasteiger partial charge in [0.05, 0.1) is 12.7 Å². The third-order valence-electron chi connectivity index (χ3n) is 3.54. The Balaban J connectivity index is 2.08. The lowest BCUT2D eigenvalue weighted by atomic mass is 9.85. The third-order valence-corrected chi connectivity index (χ3v) is 3.54. The molecule has 0 aliphatic heterocycles. The second-order valence-electron chi connectivity index (χ2n) is 4.82. The number of benzene rings is 1. The molecule has 3 nitrogen and oxygen atoms in total. The molecule has 0 heterocycles. The summed E-state index contributed by atoms with van der Waals surface area (Å²) in [4.78, 5) is 12.1. The molecule has 0 radical (unpaired) electrons. The Morgan fingerprint density at radius 2 is 1.84 bits per heavy atom. The average molecular weight is 258 g/mol. The third kappa shape index (κ3) is 3.08. The summed E-state index contributed by atoms with van der Waals surface area (Å²) >= 11 is 0. The van der Waals surface area contributed by atoms with Crippen molar-refractivity contribution < 1.29 is 14.3 Å². The first-order chi connectivity index (χ1) is 9.19. The lowest BCUT2D eigenvalue weighted by Crippen LogP contribution is -2.35. The molecule has 1 fully saturated rings. The highest BCUT2D eigenvalue weighted by Gasteiger charge is 2.34. The fraction of sp³-hybridized carbons (Fsp3) is 0.438. The van der Waals surface area contributed by atoms with Crippen LogP contribution in [-0.2, 0) is 4.74 Å². The van der Waals surface area contributed by atoms with E-state index in [1.165, 1.54) is 0 Å². The van der Waals surface area contributed by atoms with Gasteiger partial charge in [0.2, 0.25) is 0 Å². The van der Waals surface area contributed by atoms with Crippen molar-refractivity contribution in [1.82, 2.24) is 0 Å². The van der Waals surface area contributed by atoms with Gasteiger partial charge in [-0.15, -0.1) is 6.42 Å². The Morgan fingerprint density at radius 3 is 2.37 bits per heavy atom. The number of terminal acetylenes is 1. The van der Waals surface area contributed by atoms with Crippen LogP contribution >= 0.6 is 0 Å². The first-order valence-corrected chi connectivity index (χ1v) is 6.54. The molecule has 1 aliphatic carbocycles. The highest BCUT2D eigenvalue weighted by molar-refractivity contribution is 5.90. The summed E-state index contributed by atoms with van der Waals surface area (Å²) < 4.78 is 10.6. The Morgan fingerprint density at radius 1 is 1.21 bits per heavy atom. The molecule has 0 unspecified atom stereocenters. The largest absolute Gasteiger partial charge is 0.497 e. The van der Waals surface area contributed by atoms with Crippen LogP contribution < -0.4 is 4.74 Å². The standard InChI is InChI=1S/C16H18O3/c1-3-16(11-5-4-6-12-16)19-15(17)13-7-9-14(18-2)10-8-13/h1,7-10H,4-6,11-12H2,2H3. The number of hydrogen-bond donors (Lipinski definition) is 0. The molecular formula is C16H18O3. The van der Waals surface area contributed by atoms with E-state index in [1.807, 2.05) is 0 Å². The summed E-state index contributed by atoms with van der Waals surface area (Å²) in [5, 5.41) is 0. The first-order valence-electron chi connectivity index (χ1n) is 6.54. The molecule has 0 spiro atoms. The molecule has 1 aromatic rings. The molecule has 100 valence electrons. The minimum Gasteiger partial charge on any atom is -0.497 e. The van der Waals surface area contributed by atoms with Crippen LogP contribution in [-0.4, -0.2) is 18.7 Å². The predicted molar refractivity (Wildman–Crippen MR) is 73.1 cm³/mol. The summed E-state index contributed by atoms with van der Waals surface area (Å²) in [6.45, 7) is 0. The number of rotatable bonds is 3. The topological polar surface area (TPSA) is 35.5 Å². The van der Waals surface area contributed by atoms with Crippen LogP contribution in [0.25, 0.3) is 0 Å². The van der Waals surface area contributed by atoms with Crippen LogP contribution in [0, 0.1) is 12.3 Å². The number of ether oxygens (including phenoxy) is 2. The van der Waals surface area contributed by atoms with Gasteiger partial charge < -0.3 is 9.47 Å². The summed E-state index contributed by atoms with van der Waals surface area (Å²) in [7, 11) is 1.59. The van der Waals surface area contributed by atoms with E-state index in [0.29, 0.717) is 11.3 Å². The molecular weight excluding hydrogens is 240 g/mol. The summed E-state index contributed by atoms with van der Waals surface area (Å²) in [5.41, 5.74) is -0.212. The van der Waals surface area contributed by atoms with Crippen molar-refractivity contribution in [3.8, 4) is 18.1 Å². The van der Waals surface area contributed by atoms with Gasteiger partial charge >= 0.3 is 5.97 Å². The van der Waals surface area contributed by atoms with Crippen LogP contribution in [0.3, 0.4) is 0 Å². The van der Waals surface area contributed by atoms with E-state index in [4.69, 9.17) is 15.9 Å². The molecule has 2 rings (SSSR count). The van der Waals surface area contributed by atoms with Gasteiger partial charge in [-0.2, -0.15) is 0 Å². The first kappa shape index (κ1) is 13.5. The molecule has 0 bridgehead atoms. The van der Waals surface area contributed by atoms with E-state index in [9.17, 15) is 4.79 Å². The van der Waals surface area contributed by atoms with Gasteiger partial charge in [0.15, 0.2) is 5.60 Å². The average Bonchev–Trinajstić information content (AvgIpc) is 2.48. The Hall–Kier alpha value is -1.95. The Bertz CT molecular complexity index is 476. The normalized spacial score (nSPS) is 17.3. The summed E-state index contributed by atoms with van der Waals surface area (Å²) in [6.07, 6.45) is 10.3. The Labute approximate surface area is 113 Å². The number of esters is 1. The van der Waals surface area contributed by atoms with Crippen LogP contribution in [0.1, 0.15) is 42.5 Å². The molecule has 0 amide bonds. The molecule has 1 aliphatic rings. The van der Waals surface area contributed by atoms with E-state index in [2.05, 4.69) is 5.92 Å². The smallest absolute Gasteiger partial charge is 0.339 e. The van der Waals surface area contributed by atoms with Gasteiger partial charge in [-0.1, -0.05) is 12.3 Å². The molecule has 1 aromatic carbocycles. The fourth-order valence-corrected chi connectivity index (χ4v) is 2.36. The lowest BCUT2D eigenvalue weighted by Gasteiger charge is -2.31. The van der Waals surface area contributed by atoms with Gasteiger partial charge in [-0.25, -0.2) is 4.79 Å². The highest BCUT2D eigenvalue weighted by atomic mass is 16.6. The quantitative estimate of drug-likeness (QED) is 0.617. The van der Waals surface area contributed by atoms with Crippen molar-refractivity contribution in [2.24, 2.45) is 0 Å². The molecule has 3 heteroatoms. The second-order valence-corrected chi connectivity index (χ2v) is 4.82. The SMILES string of the molecule is C#CC1(OC(=O)c2ccc(OC)cc2)CCCCC1. The van der Waals surface area contributed by atoms with E-state index in [-0.39, 0.29) is 5.97 Å². The molecule has 0 saturated heterocycles. The van der Waals surface area contributed by atoms with E-state index < -0.39 is 5.60 Å². The number of carbonyl (C=O) groups is 1. The number of hydrogen-bond acceptors (Lipinski definition) is 3. The van der Waals surface area contributed by atoms with Gasteiger partial charge in [0.25, 0.3) is 0 Å². The maximum absolute atomic E-state index is 12.1. The highest BCUT2D eigenvalue weighted by Crippen LogP contribution is 2.32. The van der Waals surface area contributed by atoms with Crippen LogP contribution in [0.4, 0.5) is 0 Å². The van der Waals surface area contributed by atoms with Crippen LogP contribution in [0.2, 0.25) is 0 Å². The van der Waals surface area contributed by atoms with Crippen LogP contribution in [0.5, 0.6) is 5.75 Å². The van der Waals surface area contributed by atoms with Gasteiger partial charge in [0.1, 0.15) is 5.75 Å². The number of methoxy groups -OCH3 is 1. The van der Waals surface area contributed by atoms with Crippen LogP contribution in [0.15, 0.2) is 24.3 Å². The maximum Gasteiger partial charge on any atom is 0.339 e. The molecule has 0 aromatic heterocycles. The summed E-state index contributed by atoms with van der Waals surface area (Å²) in [5.74, 6) is 3.02. The van der Waals surface area contributed by atoms with Crippen molar-refractivity contribution >= 4 is 5.97 Å². The maximum atomic E-state index is 12.1. The lowest BCUT2D eigenvalue weighted by molar-refractivity contribution is -0.00663. The van der Waals surface area contributed by atoms with Crippen molar-refractivity contribution in [2.75, 3.05) is 7.11 Å². The predicted octanol–water partition coefficient (Wildman–Crippen LogP) is 3.19. The minimum absolute atomic E-state index is 0.359. The molecule has 19 heavy (non-hydrogen) atoms. The van der Waals surface area contributed by atoms with E-state index in [1.54, 1.807) is 31.4 Å². The summed E-state index contributed by atoms with van der Waals surface area (Å²) in [6, 6.07) is 6.85. The number of carbonyl (C=O) groups excluding carboxylic acids is 1. The van der Waals surface area contributed by atoms with E-state index in [0.717, 1.165) is 32.1 Å². The van der Waals surface area contributed by atoms with Gasteiger partial charge in [-0.05, 0) is 49.9 Å². The second kappa shape index (κ2) is 5.79. The van der Waals surface area contributed by atoms with Crippen molar-refractivity contribution in [2.45, 2.75) is 37.7 Å². The zero-order chi connectivity index (χ0) is 13.7. The van der Waals surface area contributed by atoms with Crippen molar-refractivity contribution in [3.63, 3.8) is 0 Å². The van der Waals surface area contributed by atoms with Crippen molar-refractivity contribution in [3.05, 3.63) is 29.8 Å². The zero-order valence-corrected chi connectivity index (χ0v) is 11.1.